The molecule has 0 radical (unpaired) electrons. The van der Waals surface area contributed by atoms with Crippen molar-refractivity contribution in [2.45, 2.75) is 19.4 Å². The average Bonchev–Trinajstić information content (AvgIpc) is 2.59. The first-order chi connectivity index (χ1) is 10.4. The summed E-state index contributed by atoms with van der Waals surface area (Å²) < 4.78 is 0. The van der Waals surface area contributed by atoms with E-state index in [0.29, 0.717) is 19.5 Å². The van der Waals surface area contributed by atoms with E-state index in [0.717, 1.165) is 11.1 Å². The molecule has 0 saturated carbocycles. The van der Waals surface area contributed by atoms with Crippen molar-refractivity contribution in [3.8, 4) is 0 Å². The van der Waals surface area contributed by atoms with E-state index in [1.54, 1.807) is 9.80 Å². The van der Waals surface area contributed by atoms with Crippen molar-refractivity contribution >= 4 is 11.9 Å². The van der Waals surface area contributed by atoms with Crippen molar-refractivity contribution in [1.29, 1.82) is 0 Å². The number of aryl methyl sites for hydroxylation is 1. The second kappa shape index (κ2) is 7.38. The van der Waals surface area contributed by atoms with Crippen molar-refractivity contribution in [1.82, 2.24) is 9.80 Å². The minimum atomic E-state index is -0.924. The molecule has 2 N–H and O–H groups in total. The minimum absolute atomic E-state index is 0.0400. The molecule has 1 saturated heterocycles. The molecule has 1 fully saturated rings. The number of hydrogen-bond acceptors (Lipinski definition) is 4. The van der Waals surface area contributed by atoms with Crippen LogP contribution >= 0.6 is 0 Å². The number of β-amino-alcohol motifs (C(OH)–C–C–N with tert-alkyl or cyclic N) is 1. The van der Waals surface area contributed by atoms with Gasteiger partial charge in [0.1, 0.15) is 0 Å². The second-order valence-electron chi connectivity index (χ2n) is 5.79. The second-order valence-corrected chi connectivity index (χ2v) is 5.79. The zero-order chi connectivity index (χ0) is 16.1. The third-order valence-corrected chi connectivity index (χ3v) is 3.74. The molecule has 1 aromatic carbocycles. The predicted octanol–water partition coefficient (Wildman–Crippen LogP) is 0.127. The van der Waals surface area contributed by atoms with Crippen LogP contribution in [0, 0.1) is 6.92 Å². The number of aliphatic hydroxyl groups excluding tert-OH is 1. The zero-order valence-corrected chi connectivity index (χ0v) is 12.7. The Morgan fingerprint density at radius 2 is 2.05 bits per heavy atom. The van der Waals surface area contributed by atoms with Crippen LogP contribution in [0.1, 0.15) is 11.1 Å². The van der Waals surface area contributed by atoms with Gasteiger partial charge in [0.15, 0.2) is 0 Å². The molecule has 1 amide bonds. The molecule has 0 unspecified atom stereocenters. The molecule has 1 heterocycles. The van der Waals surface area contributed by atoms with Gasteiger partial charge in [-0.1, -0.05) is 29.8 Å². The number of carboxylic acid groups (broad SMARTS) is 1. The number of carboxylic acids is 1. The van der Waals surface area contributed by atoms with Gasteiger partial charge in [0.25, 0.3) is 0 Å². The van der Waals surface area contributed by atoms with Gasteiger partial charge in [-0.05, 0) is 12.5 Å². The van der Waals surface area contributed by atoms with Gasteiger partial charge >= 0.3 is 5.97 Å². The maximum Gasteiger partial charge on any atom is 0.317 e. The molecule has 1 aromatic rings. The highest BCUT2D eigenvalue weighted by Gasteiger charge is 2.25. The van der Waals surface area contributed by atoms with Crippen LogP contribution < -0.4 is 0 Å². The van der Waals surface area contributed by atoms with Crippen molar-refractivity contribution in [3.63, 3.8) is 0 Å². The fourth-order valence-electron chi connectivity index (χ4n) is 2.72. The number of nitrogens with zero attached hydrogens (tertiary/aromatic N) is 2. The third kappa shape index (κ3) is 4.82. The zero-order valence-electron chi connectivity index (χ0n) is 12.7. The van der Waals surface area contributed by atoms with Crippen LogP contribution in [0.15, 0.2) is 24.3 Å². The Balaban J connectivity index is 1.96. The normalized spacial score (nSPS) is 19.7. The molecule has 1 aliphatic rings. The maximum absolute atomic E-state index is 12.4. The van der Waals surface area contributed by atoms with Crippen LogP contribution in [-0.2, 0) is 16.0 Å². The number of aliphatic carboxylic acids is 1. The third-order valence-electron chi connectivity index (χ3n) is 3.74. The van der Waals surface area contributed by atoms with E-state index >= 15 is 0 Å². The quantitative estimate of drug-likeness (QED) is 0.826. The van der Waals surface area contributed by atoms with Crippen LogP contribution in [0.2, 0.25) is 0 Å². The van der Waals surface area contributed by atoms with Gasteiger partial charge in [-0.15, -0.1) is 0 Å². The first kappa shape index (κ1) is 16.5. The summed E-state index contributed by atoms with van der Waals surface area (Å²) in [6, 6.07) is 7.79. The van der Waals surface area contributed by atoms with Crippen molar-refractivity contribution in [2.75, 3.05) is 32.7 Å². The summed E-state index contributed by atoms with van der Waals surface area (Å²) in [6.45, 7) is 3.30. The smallest absolute Gasteiger partial charge is 0.317 e. The summed E-state index contributed by atoms with van der Waals surface area (Å²) in [7, 11) is 0. The molecule has 0 aliphatic carbocycles. The van der Waals surface area contributed by atoms with E-state index in [-0.39, 0.29) is 25.5 Å². The van der Waals surface area contributed by atoms with E-state index in [1.807, 2.05) is 31.2 Å². The fourth-order valence-corrected chi connectivity index (χ4v) is 2.72. The number of amides is 1. The van der Waals surface area contributed by atoms with Crippen LogP contribution in [0.25, 0.3) is 0 Å². The monoisotopic (exact) mass is 306 g/mol. The first-order valence-electron chi connectivity index (χ1n) is 7.39. The summed E-state index contributed by atoms with van der Waals surface area (Å²) in [5.41, 5.74) is 2.06. The van der Waals surface area contributed by atoms with Gasteiger partial charge < -0.3 is 15.1 Å². The SMILES string of the molecule is Cc1cccc(CC(=O)N2CCN(CC(=O)O)C[C@H](O)C2)c1. The van der Waals surface area contributed by atoms with Crippen molar-refractivity contribution in [3.05, 3.63) is 35.4 Å². The molecule has 2 rings (SSSR count). The Morgan fingerprint density at radius 1 is 1.27 bits per heavy atom. The van der Waals surface area contributed by atoms with Crippen molar-refractivity contribution in [2.24, 2.45) is 0 Å². The lowest BCUT2D eigenvalue weighted by molar-refractivity contribution is -0.138. The van der Waals surface area contributed by atoms with E-state index in [4.69, 9.17) is 5.11 Å². The Morgan fingerprint density at radius 3 is 2.73 bits per heavy atom. The van der Waals surface area contributed by atoms with Gasteiger partial charge in [-0.2, -0.15) is 0 Å². The molecule has 6 heteroatoms. The Hall–Kier alpha value is -1.92. The number of carbonyl (C=O) groups is 2. The Kier molecular flexibility index (Phi) is 5.51. The van der Waals surface area contributed by atoms with Gasteiger partial charge in [0.05, 0.1) is 19.1 Å². The maximum atomic E-state index is 12.4. The summed E-state index contributed by atoms with van der Waals surface area (Å²) in [4.78, 5) is 26.4. The number of benzene rings is 1. The van der Waals surface area contributed by atoms with Gasteiger partial charge in [0.2, 0.25) is 5.91 Å². The molecule has 22 heavy (non-hydrogen) atoms. The molecule has 0 spiro atoms. The lowest BCUT2D eigenvalue weighted by Crippen LogP contribution is -2.38. The van der Waals surface area contributed by atoms with Crippen LogP contribution in [0.4, 0.5) is 0 Å². The number of aliphatic hydroxyl groups is 1. The molecular formula is C16H22N2O4. The van der Waals surface area contributed by atoms with Crippen molar-refractivity contribution < 1.29 is 19.8 Å². The Bertz CT molecular complexity index is 547. The van der Waals surface area contributed by atoms with Crippen LogP contribution in [0.3, 0.4) is 0 Å². The number of hydrogen-bond donors (Lipinski definition) is 2. The fraction of sp³-hybridized carbons (Fsp3) is 0.500. The summed E-state index contributed by atoms with van der Waals surface area (Å²) in [5, 5.41) is 18.8. The molecular weight excluding hydrogens is 284 g/mol. The number of carbonyl (C=O) groups excluding carboxylic acids is 1. The highest BCUT2D eigenvalue weighted by atomic mass is 16.4. The van der Waals surface area contributed by atoms with E-state index in [9.17, 15) is 14.7 Å². The molecule has 6 nitrogen and oxygen atoms in total. The molecule has 0 bridgehead atoms. The minimum Gasteiger partial charge on any atom is -0.480 e. The highest BCUT2D eigenvalue weighted by Crippen LogP contribution is 2.09. The molecule has 120 valence electrons. The van der Waals surface area contributed by atoms with Gasteiger partial charge in [0, 0.05) is 26.2 Å². The summed E-state index contributed by atoms with van der Waals surface area (Å²) in [6.07, 6.45) is -0.420. The lowest BCUT2D eigenvalue weighted by atomic mass is 10.1. The topological polar surface area (TPSA) is 81.1 Å². The standard InChI is InChI=1S/C16H22N2O4/c1-12-3-2-4-13(7-12)8-15(20)18-6-5-17(11-16(21)22)9-14(19)10-18/h2-4,7,14,19H,5-6,8-11H2,1H3,(H,21,22)/t14-/m0/s1. The lowest BCUT2D eigenvalue weighted by Gasteiger charge is -2.22. The van der Waals surface area contributed by atoms with E-state index < -0.39 is 12.1 Å². The predicted molar refractivity (Wildman–Crippen MR) is 81.5 cm³/mol. The molecule has 1 atom stereocenters. The number of rotatable bonds is 4. The summed E-state index contributed by atoms with van der Waals surface area (Å²) in [5.74, 6) is -0.964. The largest absolute Gasteiger partial charge is 0.480 e. The highest BCUT2D eigenvalue weighted by molar-refractivity contribution is 5.79. The van der Waals surface area contributed by atoms with Gasteiger partial charge in [-0.3, -0.25) is 14.5 Å². The molecule has 0 aromatic heterocycles. The van der Waals surface area contributed by atoms with Gasteiger partial charge in [-0.25, -0.2) is 0 Å². The van der Waals surface area contributed by atoms with Crippen LogP contribution in [-0.4, -0.2) is 70.7 Å². The van der Waals surface area contributed by atoms with E-state index in [1.165, 1.54) is 0 Å². The Labute approximate surface area is 130 Å². The summed E-state index contributed by atoms with van der Waals surface area (Å²) >= 11 is 0. The first-order valence-corrected chi connectivity index (χ1v) is 7.39. The molecule has 1 aliphatic heterocycles. The average molecular weight is 306 g/mol. The van der Waals surface area contributed by atoms with E-state index in [2.05, 4.69) is 0 Å². The van der Waals surface area contributed by atoms with Crippen LogP contribution in [0.5, 0.6) is 0 Å².